The predicted octanol–water partition coefficient (Wildman–Crippen LogP) is 0.266. The molecule has 5 heterocycles. The van der Waals surface area contributed by atoms with E-state index < -0.39 is 0 Å². The Labute approximate surface area is 176 Å². The molecule has 0 N–H and O–H groups in total. The summed E-state index contributed by atoms with van der Waals surface area (Å²) in [6, 6.07) is 3.98. The zero-order valence-electron chi connectivity index (χ0n) is 17.2. The zero-order chi connectivity index (χ0) is 20.2. The number of rotatable bonds is 4. The van der Waals surface area contributed by atoms with Gasteiger partial charge in [-0.15, -0.1) is 0 Å². The molecule has 0 unspecified atom stereocenters. The second kappa shape index (κ2) is 8.97. The average molecular weight is 412 g/mol. The normalized spacial score (nSPS) is 20.5. The second-order valence-corrected chi connectivity index (χ2v) is 7.61. The number of piperazine rings is 1. The van der Waals surface area contributed by atoms with Crippen LogP contribution in [0.25, 0.3) is 0 Å². The highest BCUT2D eigenvalue weighted by Gasteiger charge is 2.24. The molecule has 10 heteroatoms. The van der Waals surface area contributed by atoms with Crippen molar-refractivity contribution in [2.24, 2.45) is 0 Å². The molecule has 0 radical (unpaired) electrons. The van der Waals surface area contributed by atoms with Crippen LogP contribution in [0.2, 0.25) is 0 Å². The topological polar surface area (TPSA) is 83.0 Å². The van der Waals surface area contributed by atoms with Gasteiger partial charge in [0.05, 0.1) is 26.4 Å². The van der Waals surface area contributed by atoms with Crippen LogP contribution in [0.15, 0.2) is 24.5 Å². The Morgan fingerprint density at radius 3 is 1.63 bits per heavy atom. The number of aromatic nitrogens is 4. The number of ether oxygens (including phenoxy) is 2. The van der Waals surface area contributed by atoms with Crippen LogP contribution in [0.1, 0.15) is 0 Å². The van der Waals surface area contributed by atoms with Crippen molar-refractivity contribution in [3.8, 4) is 0 Å². The lowest BCUT2D eigenvalue weighted by atomic mass is 10.3. The third kappa shape index (κ3) is 4.24. The lowest BCUT2D eigenvalue weighted by molar-refractivity contribution is 0.121. The molecule has 0 aliphatic carbocycles. The fourth-order valence-corrected chi connectivity index (χ4v) is 4.02. The molecule has 10 nitrogen and oxygen atoms in total. The van der Waals surface area contributed by atoms with E-state index in [2.05, 4.69) is 35.6 Å². The van der Waals surface area contributed by atoms with Gasteiger partial charge >= 0.3 is 0 Å². The number of nitrogens with zero attached hydrogens (tertiary/aromatic N) is 8. The Bertz CT molecular complexity index is 783. The summed E-state index contributed by atoms with van der Waals surface area (Å²) in [4.78, 5) is 27.7. The van der Waals surface area contributed by atoms with Gasteiger partial charge in [-0.3, -0.25) is 0 Å². The maximum absolute atomic E-state index is 5.53. The van der Waals surface area contributed by atoms with Crippen LogP contribution in [0.4, 0.5) is 23.5 Å². The van der Waals surface area contributed by atoms with E-state index in [1.54, 1.807) is 12.4 Å². The molecule has 0 atom stereocenters. The van der Waals surface area contributed by atoms with Gasteiger partial charge in [-0.2, -0.15) is 9.97 Å². The van der Waals surface area contributed by atoms with Crippen LogP contribution < -0.4 is 19.6 Å². The van der Waals surface area contributed by atoms with Gasteiger partial charge in [-0.25, -0.2) is 9.97 Å². The maximum Gasteiger partial charge on any atom is 0.229 e. The molecule has 3 aliphatic heterocycles. The van der Waals surface area contributed by atoms with E-state index in [1.165, 1.54) is 0 Å². The predicted molar refractivity (Wildman–Crippen MR) is 115 cm³/mol. The van der Waals surface area contributed by atoms with Gasteiger partial charge in [0.25, 0.3) is 0 Å². The fraction of sp³-hybridized carbons (Fsp3) is 0.600. The third-order valence-corrected chi connectivity index (χ3v) is 5.75. The van der Waals surface area contributed by atoms with E-state index in [-0.39, 0.29) is 0 Å². The molecule has 160 valence electrons. The summed E-state index contributed by atoms with van der Waals surface area (Å²) in [5.74, 6) is 3.56. The molecular formula is C20H28N8O2. The first-order valence-corrected chi connectivity index (χ1v) is 10.7. The van der Waals surface area contributed by atoms with Crippen molar-refractivity contribution in [2.75, 3.05) is 98.4 Å². The molecule has 0 amide bonds. The maximum atomic E-state index is 5.53. The van der Waals surface area contributed by atoms with E-state index >= 15 is 0 Å². The summed E-state index contributed by atoms with van der Waals surface area (Å²) in [5.41, 5.74) is 0. The Balaban J connectivity index is 1.36. The lowest BCUT2D eigenvalue weighted by Gasteiger charge is -2.37. The van der Waals surface area contributed by atoms with E-state index in [9.17, 15) is 0 Å². The number of hydrogen-bond donors (Lipinski definition) is 0. The zero-order valence-corrected chi connectivity index (χ0v) is 17.2. The summed E-state index contributed by atoms with van der Waals surface area (Å²) in [7, 11) is 0. The molecular weight excluding hydrogens is 384 g/mol. The summed E-state index contributed by atoms with van der Waals surface area (Å²) in [6.07, 6.45) is 3.59. The number of anilines is 4. The first-order chi connectivity index (χ1) is 14.9. The van der Waals surface area contributed by atoms with Crippen LogP contribution >= 0.6 is 0 Å². The van der Waals surface area contributed by atoms with Crippen LogP contribution in [0.5, 0.6) is 0 Å². The molecule has 3 fully saturated rings. The van der Waals surface area contributed by atoms with Crippen LogP contribution in [0.3, 0.4) is 0 Å². The third-order valence-electron chi connectivity index (χ3n) is 5.75. The average Bonchev–Trinajstić information content (AvgIpc) is 2.85. The minimum Gasteiger partial charge on any atom is -0.378 e. The summed E-state index contributed by atoms with van der Waals surface area (Å²) in [6.45, 7) is 9.77. The number of hydrogen-bond acceptors (Lipinski definition) is 10. The highest BCUT2D eigenvalue weighted by Crippen LogP contribution is 2.25. The quantitative estimate of drug-likeness (QED) is 0.698. The van der Waals surface area contributed by atoms with Gasteiger partial charge in [-0.05, 0) is 6.07 Å². The first-order valence-electron chi connectivity index (χ1n) is 10.7. The van der Waals surface area contributed by atoms with Crippen molar-refractivity contribution in [3.63, 3.8) is 0 Å². The molecule has 0 spiro atoms. The molecule has 0 saturated carbocycles. The van der Waals surface area contributed by atoms with Crippen molar-refractivity contribution < 1.29 is 9.47 Å². The smallest absolute Gasteiger partial charge is 0.229 e. The van der Waals surface area contributed by atoms with Gasteiger partial charge in [0.2, 0.25) is 11.9 Å². The standard InChI is InChI=1S/C20H28N8O2/c1-2-21-19(22-3-1)27-6-4-25(5-7-27)17-16-18(26-8-12-29-13-9-26)24-20(23-17)28-10-14-30-15-11-28/h1-3,16H,4-15H2. The van der Waals surface area contributed by atoms with Crippen LogP contribution in [0, 0.1) is 0 Å². The van der Waals surface area contributed by atoms with Gasteiger partial charge < -0.3 is 29.1 Å². The lowest BCUT2D eigenvalue weighted by Crippen LogP contribution is -2.47. The second-order valence-electron chi connectivity index (χ2n) is 7.61. The van der Waals surface area contributed by atoms with Gasteiger partial charge in [0.15, 0.2) is 0 Å². The Kier molecular flexibility index (Phi) is 5.76. The monoisotopic (exact) mass is 412 g/mol. The number of morpholine rings is 2. The van der Waals surface area contributed by atoms with E-state index in [0.29, 0.717) is 0 Å². The van der Waals surface area contributed by atoms with Gasteiger partial charge in [0, 0.05) is 70.8 Å². The van der Waals surface area contributed by atoms with Crippen molar-refractivity contribution in [3.05, 3.63) is 24.5 Å². The molecule has 5 rings (SSSR count). The van der Waals surface area contributed by atoms with Crippen molar-refractivity contribution in [1.82, 2.24) is 19.9 Å². The Morgan fingerprint density at radius 1 is 0.567 bits per heavy atom. The Morgan fingerprint density at radius 2 is 1.03 bits per heavy atom. The molecule has 2 aromatic heterocycles. The highest BCUT2D eigenvalue weighted by molar-refractivity contribution is 5.56. The van der Waals surface area contributed by atoms with E-state index in [4.69, 9.17) is 19.4 Å². The summed E-state index contributed by atoms with van der Waals surface area (Å²) >= 11 is 0. The van der Waals surface area contributed by atoms with Gasteiger partial charge in [0.1, 0.15) is 11.6 Å². The fourth-order valence-electron chi connectivity index (χ4n) is 4.02. The summed E-state index contributed by atoms with van der Waals surface area (Å²) < 4.78 is 11.0. The SMILES string of the molecule is c1cnc(N2CCN(c3cc(N4CCOCC4)nc(N4CCOCC4)n3)CC2)nc1. The Hall–Kier alpha value is -2.72. The summed E-state index contributed by atoms with van der Waals surface area (Å²) in [5, 5.41) is 0. The minimum absolute atomic E-state index is 0.718. The van der Waals surface area contributed by atoms with Crippen molar-refractivity contribution in [2.45, 2.75) is 0 Å². The van der Waals surface area contributed by atoms with Crippen LogP contribution in [-0.2, 0) is 9.47 Å². The van der Waals surface area contributed by atoms with E-state index in [1.807, 2.05) is 6.07 Å². The molecule has 3 aliphatic rings. The van der Waals surface area contributed by atoms with E-state index in [0.717, 1.165) is 102 Å². The minimum atomic E-state index is 0.718. The van der Waals surface area contributed by atoms with Gasteiger partial charge in [-0.1, -0.05) is 0 Å². The molecule has 2 aromatic rings. The van der Waals surface area contributed by atoms with Crippen LogP contribution in [-0.4, -0.2) is 98.7 Å². The molecule has 30 heavy (non-hydrogen) atoms. The highest BCUT2D eigenvalue weighted by atomic mass is 16.5. The largest absolute Gasteiger partial charge is 0.378 e. The molecule has 0 aromatic carbocycles. The molecule has 3 saturated heterocycles. The van der Waals surface area contributed by atoms with Crippen molar-refractivity contribution in [1.29, 1.82) is 0 Å². The first kappa shape index (κ1) is 19.3. The van der Waals surface area contributed by atoms with Crippen molar-refractivity contribution >= 4 is 23.5 Å². The molecule has 0 bridgehead atoms.